The maximum Gasteiger partial charge on any atom is 0.416 e. The smallest absolute Gasteiger partial charge is 0.416 e. The Bertz CT molecular complexity index is 818. The van der Waals surface area contributed by atoms with Crippen molar-refractivity contribution in [2.45, 2.75) is 32.9 Å². The Morgan fingerprint density at radius 2 is 1.70 bits per heavy atom. The summed E-state index contributed by atoms with van der Waals surface area (Å²) in [5, 5.41) is 0. The van der Waals surface area contributed by atoms with Crippen molar-refractivity contribution >= 4 is 18.1 Å². The third-order valence-corrected chi connectivity index (χ3v) is 5.37. The fraction of sp³-hybridized carbons (Fsp3) is 0.478. The fourth-order valence-electron chi connectivity index (χ4n) is 3.64. The second-order valence-electron chi connectivity index (χ2n) is 7.92. The standard InChI is InChI=1S/C23H29F3N2O.ClH/c1-17(2)21-8-7-18(3)15-22(21)29-14-13-27-9-11-28(12-10-27)20-6-4-5-19(16-20)23(24,25)26;/h4-8,15-17H,9-14H2,1-3H3;1H. The number of hydrogen-bond donors (Lipinski definition) is 0. The highest BCUT2D eigenvalue weighted by atomic mass is 35.5. The van der Waals surface area contributed by atoms with E-state index in [-0.39, 0.29) is 12.4 Å². The molecule has 3 nitrogen and oxygen atoms in total. The number of benzene rings is 2. The zero-order valence-electron chi connectivity index (χ0n) is 17.7. The molecule has 0 bridgehead atoms. The Morgan fingerprint density at radius 1 is 1.00 bits per heavy atom. The second kappa shape index (κ2) is 10.4. The van der Waals surface area contributed by atoms with Crippen LogP contribution in [0, 0.1) is 6.92 Å². The Labute approximate surface area is 183 Å². The number of hydrogen-bond acceptors (Lipinski definition) is 3. The highest BCUT2D eigenvalue weighted by Crippen LogP contribution is 2.32. The average molecular weight is 443 g/mol. The third kappa shape index (κ3) is 6.29. The van der Waals surface area contributed by atoms with E-state index in [4.69, 9.17) is 4.74 Å². The summed E-state index contributed by atoms with van der Waals surface area (Å²) in [4.78, 5) is 4.32. The summed E-state index contributed by atoms with van der Waals surface area (Å²) in [6, 6.07) is 11.9. The molecule has 0 aliphatic carbocycles. The van der Waals surface area contributed by atoms with Crippen molar-refractivity contribution in [2.75, 3.05) is 44.2 Å². The van der Waals surface area contributed by atoms with Gasteiger partial charge in [-0.1, -0.05) is 32.0 Å². The van der Waals surface area contributed by atoms with Crippen LogP contribution in [0.15, 0.2) is 42.5 Å². The monoisotopic (exact) mass is 442 g/mol. The number of alkyl halides is 3. The van der Waals surface area contributed by atoms with E-state index in [9.17, 15) is 13.2 Å². The van der Waals surface area contributed by atoms with Gasteiger partial charge in [0.05, 0.1) is 5.56 Å². The predicted molar refractivity (Wildman–Crippen MR) is 118 cm³/mol. The van der Waals surface area contributed by atoms with Crippen LogP contribution in [-0.2, 0) is 6.18 Å². The van der Waals surface area contributed by atoms with Crippen LogP contribution in [0.4, 0.5) is 18.9 Å². The maximum atomic E-state index is 12.9. The molecule has 7 heteroatoms. The molecular weight excluding hydrogens is 413 g/mol. The number of nitrogens with zero attached hydrogens (tertiary/aromatic N) is 2. The molecule has 0 unspecified atom stereocenters. The molecule has 2 aromatic carbocycles. The zero-order chi connectivity index (χ0) is 21.0. The van der Waals surface area contributed by atoms with Crippen LogP contribution in [-0.4, -0.2) is 44.2 Å². The molecule has 0 spiro atoms. The number of piperazine rings is 1. The summed E-state index contributed by atoms with van der Waals surface area (Å²) >= 11 is 0. The molecule has 0 aromatic heterocycles. The lowest BCUT2D eigenvalue weighted by Gasteiger charge is -2.36. The van der Waals surface area contributed by atoms with E-state index in [0.717, 1.165) is 31.5 Å². The third-order valence-electron chi connectivity index (χ3n) is 5.37. The van der Waals surface area contributed by atoms with Crippen LogP contribution in [0.5, 0.6) is 5.75 Å². The van der Waals surface area contributed by atoms with E-state index in [0.29, 0.717) is 31.3 Å². The lowest BCUT2D eigenvalue weighted by molar-refractivity contribution is -0.137. The molecule has 1 aliphatic rings. The summed E-state index contributed by atoms with van der Waals surface area (Å²) in [5.41, 5.74) is 2.44. The summed E-state index contributed by atoms with van der Waals surface area (Å²) in [6.07, 6.45) is -4.31. The molecule has 1 aliphatic heterocycles. The molecule has 1 fully saturated rings. The maximum absolute atomic E-state index is 12.9. The largest absolute Gasteiger partial charge is 0.492 e. The normalized spacial score (nSPS) is 15.2. The molecule has 166 valence electrons. The van der Waals surface area contributed by atoms with Gasteiger partial charge in [0, 0.05) is 38.4 Å². The number of rotatable bonds is 6. The molecule has 1 saturated heterocycles. The van der Waals surface area contributed by atoms with Crippen molar-refractivity contribution in [3.05, 3.63) is 59.2 Å². The highest BCUT2D eigenvalue weighted by molar-refractivity contribution is 5.85. The van der Waals surface area contributed by atoms with Gasteiger partial charge in [0.25, 0.3) is 0 Å². The van der Waals surface area contributed by atoms with Crippen molar-refractivity contribution in [1.29, 1.82) is 0 Å². The molecule has 30 heavy (non-hydrogen) atoms. The van der Waals surface area contributed by atoms with Gasteiger partial charge in [-0.3, -0.25) is 4.90 Å². The van der Waals surface area contributed by atoms with Crippen LogP contribution >= 0.6 is 12.4 Å². The first-order valence-corrected chi connectivity index (χ1v) is 10.1. The molecule has 0 atom stereocenters. The molecule has 2 aromatic rings. The molecule has 3 rings (SSSR count). The minimum absolute atomic E-state index is 0. The van der Waals surface area contributed by atoms with E-state index in [1.807, 2.05) is 4.90 Å². The van der Waals surface area contributed by atoms with Gasteiger partial charge in [-0.15, -0.1) is 12.4 Å². The van der Waals surface area contributed by atoms with Crippen molar-refractivity contribution in [3.63, 3.8) is 0 Å². The average Bonchev–Trinajstić information content (AvgIpc) is 2.68. The van der Waals surface area contributed by atoms with Crippen molar-refractivity contribution in [3.8, 4) is 5.75 Å². The van der Waals surface area contributed by atoms with Crippen LogP contribution < -0.4 is 9.64 Å². The molecule has 1 heterocycles. The van der Waals surface area contributed by atoms with E-state index in [1.165, 1.54) is 23.3 Å². The van der Waals surface area contributed by atoms with Gasteiger partial charge < -0.3 is 9.64 Å². The first-order valence-electron chi connectivity index (χ1n) is 10.1. The fourth-order valence-corrected chi connectivity index (χ4v) is 3.64. The van der Waals surface area contributed by atoms with Gasteiger partial charge in [-0.25, -0.2) is 0 Å². The lowest BCUT2D eigenvalue weighted by Crippen LogP contribution is -2.47. The van der Waals surface area contributed by atoms with E-state index in [2.05, 4.69) is 43.9 Å². The molecule has 0 radical (unpaired) electrons. The van der Waals surface area contributed by atoms with Gasteiger partial charge >= 0.3 is 6.18 Å². The van der Waals surface area contributed by atoms with Gasteiger partial charge in [0.2, 0.25) is 0 Å². The van der Waals surface area contributed by atoms with E-state index < -0.39 is 11.7 Å². The van der Waals surface area contributed by atoms with Crippen molar-refractivity contribution in [2.24, 2.45) is 0 Å². The second-order valence-corrected chi connectivity index (χ2v) is 7.92. The summed E-state index contributed by atoms with van der Waals surface area (Å²) in [7, 11) is 0. The Balaban J connectivity index is 0.00000320. The highest BCUT2D eigenvalue weighted by Gasteiger charge is 2.31. The topological polar surface area (TPSA) is 15.7 Å². The number of ether oxygens (including phenoxy) is 1. The van der Waals surface area contributed by atoms with Crippen molar-refractivity contribution < 1.29 is 17.9 Å². The molecule has 0 N–H and O–H groups in total. The van der Waals surface area contributed by atoms with Gasteiger partial charge in [-0.2, -0.15) is 13.2 Å². The zero-order valence-corrected chi connectivity index (χ0v) is 18.5. The summed E-state index contributed by atoms with van der Waals surface area (Å²) < 4.78 is 44.9. The minimum atomic E-state index is -4.31. The lowest BCUT2D eigenvalue weighted by atomic mass is 10.0. The Kier molecular flexibility index (Phi) is 8.44. The first-order chi connectivity index (χ1) is 13.7. The van der Waals surface area contributed by atoms with Crippen LogP contribution in [0.3, 0.4) is 0 Å². The Hall–Kier alpha value is -1.92. The number of aryl methyl sites for hydroxylation is 1. The van der Waals surface area contributed by atoms with Gasteiger partial charge in [-0.05, 0) is 48.2 Å². The minimum Gasteiger partial charge on any atom is -0.492 e. The SMILES string of the molecule is Cc1ccc(C(C)C)c(OCCN2CCN(c3cccc(C(F)(F)F)c3)CC2)c1.Cl. The predicted octanol–water partition coefficient (Wildman–Crippen LogP) is 5.76. The molecule has 0 saturated carbocycles. The number of anilines is 1. The molecular formula is C23H30ClF3N2O. The van der Waals surface area contributed by atoms with Crippen molar-refractivity contribution in [1.82, 2.24) is 4.90 Å². The van der Waals surface area contributed by atoms with E-state index in [1.54, 1.807) is 6.07 Å². The molecule has 0 amide bonds. The van der Waals surface area contributed by atoms with E-state index >= 15 is 0 Å². The number of halogens is 4. The van der Waals surface area contributed by atoms with Gasteiger partial charge in [0.1, 0.15) is 12.4 Å². The summed E-state index contributed by atoms with van der Waals surface area (Å²) in [6.45, 7) is 10.8. The van der Waals surface area contributed by atoms with Crippen LogP contribution in [0.25, 0.3) is 0 Å². The van der Waals surface area contributed by atoms with Gasteiger partial charge in [0.15, 0.2) is 0 Å². The Morgan fingerprint density at radius 3 is 2.33 bits per heavy atom. The summed E-state index contributed by atoms with van der Waals surface area (Å²) in [5.74, 6) is 1.35. The quantitative estimate of drug-likeness (QED) is 0.565. The van der Waals surface area contributed by atoms with Crippen LogP contribution in [0.1, 0.15) is 36.5 Å². The first kappa shape index (κ1) is 24.4. The van der Waals surface area contributed by atoms with Crippen LogP contribution in [0.2, 0.25) is 0 Å².